The molecule has 0 radical (unpaired) electrons. The first-order valence-electron chi connectivity index (χ1n) is 2.25. The van der Waals surface area contributed by atoms with Crippen molar-refractivity contribution in [3.63, 3.8) is 0 Å². The van der Waals surface area contributed by atoms with Crippen LogP contribution in [0.25, 0.3) is 0 Å². The second-order valence-electron chi connectivity index (χ2n) is 2.33. The van der Waals surface area contributed by atoms with Crippen LogP contribution in [0, 0.1) is 0 Å². The van der Waals surface area contributed by atoms with Gasteiger partial charge in [0.2, 0.25) is 0 Å². The SMILES string of the molecule is C[N+](C)(N)CC(=O)O.[OH-]. The quantitative estimate of drug-likeness (QED) is 0.284. The van der Waals surface area contributed by atoms with E-state index in [1.54, 1.807) is 14.1 Å². The Morgan fingerprint density at radius 3 is 2.00 bits per heavy atom. The lowest BCUT2D eigenvalue weighted by molar-refractivity contribution is -0.895. The summed E-state index contributed by atoms with van der Waals surface area (Å²) in [6.07, 6.45) is 0. The summed E-state index contributed by atoms with van der Waals surface area (Å²) in [7, 11) is 3.24. The zero-order valence-corrected chi connectivity index (χ0v) is 5.53. The number of rotatable bonds is 2. The smallest absolute Gasteiger partial charge is 0.361 e. The summed E-state index contributed by atoms with van der Waals surface area (Å²) in [5.74, 6) is 4.42. The number of likely N-dealkylation sites (N-methyl/N-ethyl adjacent to an activating group) is 1. The van der Waals surface area contributed by atoms with E-state index in [1.807, 2.05) is 0 Å². The van der Waals surface area contributed by atoms with Crippen LogP contribution < -0.4 is 5.84 Å². The third-order valence-electron chi connectivity index (χ3n) is 0.543. The van der Waals surface area contributed by atoms with Crippen molar-refractivity contribution >= 4 is 5.97 Å². The standard InChI is InChI=1S/C4H10N2O2.H2O/c1-6(2,5)3-4(7)8;/h3,5H2,1-2H3;1H2. The van der Waals surface area contributed by atoms with E-state index in [4.69, 9.17) is 10.9 Å². The molecule has 0 spiro atoms. The van der Waals surface area contributed by atoms with Gasteiger partial charge in [0.15, 0.2) is 6.54 Å². The number of carbonyl (C=O) groups is 1. The van der Waals surface area contributed by atoms with E-state index in [-0.39, 0.29) is 16.6 Å². The highest BCUT2D eigenvalue weighted by Crippen LogP contribution is 1.81. The summed E-state index contributed by atoms with van der Waals surface area (Å²) in [4.78, 5) is 9.92. The molecule has 0 fully saturated rings. The van der Waals surface area contributed by atoms with Crippen molar-refractivity contribution in [1.29, 1.82) is 0 Å². The second-order valence-corrected chi connectivity index (χ2v) is 2.33. The number of hydrogen-bond acceptors (Lipinski definition) is 3. The lowest BCUT2D eigenvalue weighted by Crippen LogP contribution is -2.49. The minimum Gasteiger partial charge on any atom is -0.870 e. The fourth-order valence-electron chi connectivity index (χ4n) is 0.349. The monoisotopic (exact) mass is 136 g/mol. The number of nitrogens with two attached hydrogens (primary N) is 1. The molecule has 0 unspecified atom stereocenters. The number of aliphatic carboxylic acids is 1. The van der Waals surface area contributed by atoms with Gasteiger partial charge in [0.25, 0.3) is 0 Å². The van der Waals surface area contributed by atoms with Crippen molar-refractivity contribution < 1.29 is 20.0 Å². The van der Waals surface area contributed by atoms with Crippen LogP contribution in [0.15, 0.2) is 0 Å². The Hall–Kier alpha value is -0.650. The summed E-state index contributed by atoms with van der Waals surface area (Å²) < 4.78 is -0.0185. The summed E-state index contributed by atoms with van der Waals surface area (Å²) in [5.41, 5.74) is 0. The zero-order chi connectivity index (χ0) is 6.78. The maximum atomic E-state index is 9.92. The summed E-state index contributed by atoms with van der Waals surface area (Å²) in [6.45, 7) is -0.0417. The normalized spacial score (nSPS) is 10.1. The van der Waals surface area contributed by atoms with Crippen LogP contribution in [0.5, 0.6) is 0 Å². The fourth-order valence-corrected chi connectivity index (χ4v) is 0.349. The molecule has 4 N–H and O–H groups in total. The van der Waals surface area contributed by atoms with Crippen LogP contribution in [-0.4, -0.2) is 41.8 Å². The maximum Gasteiger partial charge on any atom is 0.361 e. The first-order chi connectivity index (χ1) is 3.42. The molecule has 56 valence electrons. The van der Waals surface area contributed by atoms with Crippen molar-refractivity contribution in [2.24, 2.45) is 5.84 Å². The minimum atomic E-state index is -0.877. The zero-order valence-electron chi connectivity index (χ0n) is 5.53. The Morgan fingerprint density at radius 2 is 2.00 bits per heavy atom. The van der Waals surface area contributed by atoms with Crippen LogP contribution in [0.1, 0.15) is 0 Å². The Bertz CT molecular complexity index is 96.5. The summed E-state index contributed by atoms with van der Waals surface area (Å²) >= 11 is 0. The largest absolute Gasteiger partial charge is 0.870 e. The molecule has 0 saturated heterocycles. The number of carboxylic acids is 1. The van der Waals surface area contributed by atoms with Crippen LogP contribution in [0.2, 0.25) is 0 Å². The number of hydrogen-bond donors (Lipinski definition) is 2. The van der Waals surface area contributed by atoms with Gasteiger partial charge in [-0.2, -0.15) is 5.84 Å². The molecular weight excluding hydrogens is 124 g/mol. The molecule has 0 aliphatic carbocycles. The van der Waals surface area contributed by atoms with E-state index in [9.17, 15) is 4.79 Å². The second kappa shape index (κ2) is 3.39. The molecule has 0 amide bonds. The summed E-state index contributed by atoms with van der Waals surface area (Å²) in [6, 6.07) is 0. The molecule has 0 atom stereocenters. The van der Waals surface area contributed by atoms with Gasteiger partial charge in [-0.3, -0.25) is 0 Å². The van der Waals surface area contributed by atoms with Gasteiger partial charge in [0.05, 0.1) is 14.1 Å². The van der Waals surface area contributed by atoms with Gasteiger partial charge in [-0.15, -0.1) is 0 Å². The molecule has 0 aliphatic heterocycles. The molecule has 0 aromatic carbocycles. The molecule has 0 heterocycles. The van der Waals surface area contributed by atoms with Gasteiger partial charge in [0.1, 0.15) is 0 Å². The highest BCUT2D eigenvalue weighted by Gasteiger charge is 2.12. The van der Waals surface area contributed by atoms with Crippen molar-refractivity contribution in [1.82, 2.24) is 0 Å². The summed E-state index contributed by atoms with van der Waals surface area (Å²) in [5, 5.41) is 8.15. The van der Waals surface area contributed by atoms with Crippen LogP contribution >= 0.6 is 0 Å². The average Bonchev–Trinajstić information content (AvgIpc) is 1.21. The van der Waals surface area contributed by atoms with Crippen LogP contribution in [0.3, 0.4) is 0 Å². The molecule has 0 aromatic rings. The predicted octanol–water partition coefficient (Wildman–Crippen LogP) is -1.16. The third kappa shape index (κ3) is 11.1. The minimum absolute atomic E-state index is 0. The first kappa shape index (κ1) is 11.2. The molecule has 0 aliphatic rings. The highest BCUT2D eigenvalue weighted by atomic mass is 16.4. The molecule has 0 rings (SSSR count). The van der Waals surface area contributed by atoms with Gasteiger partial charge >= 0.3 is 5.97 Å². The van der Waals surface area contributed by atoms with E-state index in [0.717, 1.165) is 0 Å². The van der Waals surface area contributed by atoms with Crippen molar-refractivity contribution in [2.45, 2.75) is 0 Å². The van der Waals surface area contributed by atoms with Gasteiger partial charge in [0, 0.05) is 0 Å². The Kier molecular flexibility index (Phi) is 4.21. The van der Waals surface area contributed by atoms with Gasteiger partial charge in [-0.05, 0) is 0 Å². The van der Waals surface area contributed by atoms with E-state index in [1.165, 1.54) is 0 Å². The first-order valence-corrected chi connectivity index (χ1v) is 2.25. The lowest BCUT2D eigenvalue weighted by Gasteiger charge is -2.18. The maximum absolute atomic E-state index is 9.92. The number of nitrogens with zero attached hydrogens (tertiary/aromatic N) is 1. The van der Waals surface area contributed by atoms with Gasteiger partial charge in [-0.25, -0.2) is 9.39 Å². The molecule has 0 saturated carbocycles. The van der Waals surface area contributed by atoms with E-state index in [2.05, 4.69) is 0 Å². The number of carboxylic acid groups (broad SMARTS) is 1. The third-order valence-corrected chi connectivity index (χ3v) is 0.543. The topological polar surface area (TPSA) is 93.3 Å². The Labute approximate surface area is 53.6 Å². The molecule has 0 aromatic heterocycles. The fraction of sp³-hybridized carbons (Fsp3) is 0.750. The Balaban J connectivity index is 0. The molecule has 0 bridgehead atoms. The molecule has 5 heteroatoms. The Morgan fingerprint density at radius 1 is 1.67 bits per heavy atom. The molecular formula is C4H12N2O3. The lowest BCUT2D eigenvalue weighted by atomic mass is 10.6. The van der Waals surface area contributed by atoms with Gasteiger partial charge in [-0.1, -0.05) is 0 Å². The van der Waals surface area contributed by atoms with E-state index >= 15 is 0 Å². The molecule has 5 nitrogen and oxygen atoms in total. The van der Waals surface area contributed by atoms with Crippen LogP contribution in [0.4, 0.5) is 0 Å². The number of quaternary nitrogens is 1. The highest BCUT2D eigenvalue weighted by molar-refractivity contribution is 5.67. The van der Waals surface area contributed by atoms with Crippen molar-refractivity contribution in [2.75, 3.05) is 20.6 Å². The van der Waals surface area contributed by atoms with Crippen molar-refractivity contribution in [3.05, 3.63) is 0 Å². The van der Waals surface area contributed by atoms with Crippen LogP contribution in [-0.2, 0) is 4.79 Å². The predicted molar refractivity (Wildman–Crippen MR) is 30.7 cm³/mol. The van der Waals surface area contributed by atoms with Gasteiger partial charge < -0.3 is 10.6 Å². The average molecular weight is 136 g/mol. The molecule has 9 heavy (non-hydrogen) atoms. The van der Waals surface area contributed by atoms with Crippen molar-refractivity contribution in [3.8, 4) is 0 Å². The van der Waals surface area contributed by atoms with E-state index < -0.39 is 5.97 Å². The van der Waals surface area contributed by atoms with E-state index in [0.29, 0.717) is 0 Å².